The molecule has 0 atom stereocenters. The lowest BCUT2D eigenvalue weighted by molar-refractivity contribution is 0.419. The maximum atomic E-state index is 13.3. The van der Waals surface area contributed by atoms with E-state index in [9.17, 15) is 4.39 Å². The summed E-state index contributed by atoms with van der Waals surface area (Å²) < 4.78 is 19.4. The van der Waals surface area contributed by atoms with Gasteiger partial charge in [0, 0.05) is 0 Å². The van der Waals surface area contributed by atoms with Gasteiger partial charge in [-0.05, 0) is 40.5 Å². The van der Waals surface area contributed by atoms with Gasteiger partial charge in [-0.3, -0.25) is 0 Å². The molecular formula is C11H9BrFN3O. The monoisotopic (exact) mass is 297 g/mol. The average Bonchev–Trinajstić information content (AvgIpc) is 2.27. The third kappa shape index (κ3) is 2.71. The molecule has 0 radical (unpaired) electrons. The van der Waals surface area contributed by atoms with Gasteiger partial charge in [0.1, 0.15) is 5.75 Å². The summed E-state index contributed by atoms with van der Waals surface area (Å²) in [6, 6.07) is 5.43. The van der Waals surface area contributed by atoms with Crippen LogP contribution in [-0.4, -0.2) is 9.97 Å². The Morgan fingerprint density at radius 3 is 2.88 bits per heavy atom. The van der Waals surface area contributed by atoms with Crippen molar-refractivity contribution in [2.45, 2.75) is 6.92 Å². The highest BCUT2D eigenvalue weighted by molar-refractivity contribution is 9.10. The zero-order valence-electron chi connectivity index (χ0n) is 8.95. The average molecular weight is 298 g/mol. The van der Waals surface area contributed by atoms with E-state index in [1.54, 1.807) is 6.07 Å². The summed E-state index contributed by atoms with van der Waals surface area (Å²) in [5, 5.41) is 0. The molecule has 2 aromatic rings. The lowest BCUT2D eigenvalue weighted by Gasteiger charge is -2.08. The Morgan fingerprint density at radius 1 is 1.41 bits per heavy atom. The van der Waals surface area contributed by atoms with Crippen LogP contribution in [0.3, 0.4) is 0 Å². The number of hydrogen-bond donors (Lipinski definition) is 1. The number of aromatic nitrogens is 2. The molecule has 0 saturated heterocycles. The van der Waals surface area contributed by atoms with Crippen molar-refractivity contribution in [2.24, 2.45) is 0 Å². The number of aryl methyl sites for hydroxylation is 1. The number of nitrogens with two attached hydrogens (primary N) is 1. The second kappa shape index (κ2) is 4.67. The summed E-state index contributed by atoms with van der Waals surface area (Å²) in [4.78, 5) is 7.20. The van der Waals surface area contributed by atoms with Crippen LogP contribution in [-0.2, 0) is 0 Å². The van der Waals surface area contributed by atoms with Crippen molar-refractivity contribution in [3.05, 3.63) is 40.2 Å². The van der Waals surface area contributed by atoms with Crippen molar-refractivity contribution in [3.8, 4) is 11.6 Å². The van der Waals surface area contributed by atoms with Crippen LogP contribution in [0.4, 0.5) is 10.3 Å². The minimum Gasteiger partial charge on any atom is -0.435 e. The Labute approximate surface area is 106 Å². The van der Waals surface area contributed by atoms with Crippen molar-refractivity contribution < 1.29 is 9.13 Å². The number of rotatable bonds is 2. The zero-order chi connectivity index (χ0) is 12.4. The fraction of sp³-hybridized carbons (Fsp3) is 0.0909. The first kappa shape index (κ1) is 11.8. The molecule has 0 unspecified atom stereocenters. The van der Waals surface area contributed by atoms with E-state index in [1.165, 1.54) is 0 Å². The van der Waals surface area contributed by atoms with E-state index < -0.39 is 5.82 Å². The Bertz CT molecular complexity index is 562. The lowest BCUT2D eigenvalue weighted by atomic mass is 10.2. The predicted molar refractivity (Wildman–Crippen MR) is 65.4 cm³/mol. The highest BCUT2D eigenvalue weighted by Gasteiger charge is 2.10. The van der Waals surface area contributed by atoms with E-state index in [4.69, 9.17) is 10.5 Å². The molecule has 88 valence electrons. The van der Waals surface area contributed by atoms with Gasteiger partial charge in [-0.1, -0.05) is 6.07 Å². The van der Waals surface area contributed by atoms with E-state index in [2.05, 4.69) is 25.9 Å². The van der Waals surface area contributed by atoms with Gasteiger partial charge in [0.25, 0.3) is 5.88 Å². The summed E-state index contributed by atoms with van der Waals surface area (Å²) in [5.74, 6) is -0.425. The molecule has 17 heavy (non-hydrogen) atoms. The predicted octanol–water partition coefficient (Wildman–Crippen LogP) is 3.06. The standard InChI is InChI=1S/C11H9BrFN3O/c1-6-2-3-9(7(12)4-6)17-10-8(13)5-15-11(14)16-10/h2-5H,1H3,(H2,14,15,16). The molecule has 1 heterocycles. The van der Waals surface area contributed by atoms with Gasteiger partial charge < -0.3 is 10.5 Å². The van der Waals surface area contributed by atoms with Crippen LogP contribution in [0.5, 0.6) is 11.6 Å². The van der Waals surface area contributed by atoms with Crippen LogP contribution in [0.25, 0.3) is 0 Å². The summed E-state index contributed by atoms with van der Waals surface area (Å²) in [6.07, 6.45) is 0.972. The van der Waals surface area contributed by atoms with Crippen LogP contribution < -0.4 is 10.5 Å². The first-order valence-corrected chi connectivity index (χ1v) is 5.57. The molecule has 0 aliphatic heterocycles. The Hall–Kier alpha value is -1.69. The molecule has 0 aliphatic carbocycles. The maximum absolute atomic E-state index is 13.3. The Kier molecular flexibility index (Phi) is 3.23. The van der Waals surface area contributed by atoms with E-state index in [-0.39, 0.29) is 11.8 Å². The molecule has 0 spiro atoms. The smallest absolute Gasteiger partial charge is 0.260 e. The number of hydrogen-bond acceptors (Lipinski definition) is 4. The molecule has 0 fully saturated rings. The molecule has 1 aromatic heterocycles. The number of ether oxygens (including phenoxy) is 1. The van der Waals surface area contributed by atoms with Crippen LogP contribution in [0.1, 0.15) is 5.56 Å². The number of halogens is 2. The minimum atomic E-state index is -0.660. The van der Waals surface area contributed by atoms with Gasteiger partial charge in [0.2, 0.25) is 11.8 Å². The van der Waals surface area contributed by atoms with Crippen molar-refractivity contribution in [1.82, 2.24) is 9.97 Å². The van der Waals surface area contributed by atoms with E-state index in [0.717, 1.165) is 11.8 Å². The highest BCUT2D eigenvalue weighted by atomic mass is 79.9. The maximum Gasteiger partial charge on any atom is 0.260 e. The second-order valence-corrected chi connectivity index (χ2v) is 4.27. The molecule has 2 N–H and O–H groups in total. The first-order chi connectivity index (χ1) is 8.06. The molecule has 0 aliphatic rings. The van der Waals surface area contributed by atoms with Crippen molar-refractivity contribution in [1.29, 1.82) is 0 Å². The van der Waals surface area contributed by atoms with Crippen molar-refractivity contribution >= 4 is 21.9 Å². The third-order valence-corrected chi connectivity index (χ3v) is 2.64. The quantitative estimate of drug-likeness (QED) is 0.925. The molecule has 0 saturated carbocycles. The normalized spacial score (nSPS) is 10.3. The number of nitrogens with zero attached hydrogens (tertiary/aromatic N) is 2. The molecule has 4 nitrogen and oxygen atoms in total. The van der Waals surface area contributed by atoms with Gasteiger partial charge in [-0.2, -0.15) is 9.37 Å². The molecule has 2 rings (SSSR count). The zero-order valence-corrected chi connectivity index (χ0v) is 10.5. The first-order valence-electron chi connectivity index (χ1n) is 4.78. The third-order valence-electron chi connectivity index (χ3n) is 2.02. The lowest BCUT2D eigenvalue weighted by Crippen LogP contribution is -1.99. The van der Waals surface area contributed by atoms with Gasteiger partial charge in [0.05, 0.1) is 10.7 Å². The van der Waals surface area contributed by atoms with Gasteiger partial charge in [-0.25, -0.2) is 4.98 Å². The van der Waals surface area contributed by atoms with Crippen molar-refractivity contribution in [2.75, 3.05) is 5.73 Å². The molecule has 1 aromatic carbocycles. The second-order valence-electron chi connectivity index (χ2n) is 3.42. The molecule has 0 bridgehead atoms. The number of benzene rings is 1. The molecule has 6 heteroatoms. The number of anilines is 1. The van der Waals surface area contributed by atoms with Gasteiger partial charge in [0.15, 0.2) is 0 Å². The van der Waals surface area contributed by atoms with E-state index in [0.29, 0.717) is 10.2 Å². The highest BCUT2D eigenvalue weighted by Crippen LogP contribution is 2.30. The van der Waals surface area contributed by atoms with Crippen LogP contribution in [0.2, 0.25) is 0 Å². The fourth-order valence-corrected chi connectivity index (χ4v) is 1.80. The van der Waals surface area contributed by atoms with Crippen molar-refractivity contribution in [3.63, 3.8) is 0 Å². The SMILES string of the molecule is Cc1ccc(Oc2nc(N)ncc2F)c(Br)c1. The molecular weight excluding hydrogens is 289 g/mol. The summed E-state index contributed by atoms with van der Waals surface area (Å²) >= 11 is 3.33. The molecule has 0 amide bonds. The fourth-order valence-electron chi connectivity index (χ4n) is 1.23. The van der Waals surface area contributed by atoms with Gasteiger partial charge in [-0.15, -0.1) is 0 Å². The largest absolute Gasteiger partial charge is 0.435 e. The minimum absolute atomic E-state index is 0.0374. The van der Waals surface area contributed by atoms with E-state index in [1.807, 2.05) is 19.1 Å². The number of nitrogen functional groups attached to an aromatic ring is 1. The summed E-state index contributed by atoms with van der Waals surface area (Å²) in [5.41, 5.74) is 6.42. The Balaban J connectivity index is 2.34. The van der Waals surface area contributed by atoms with E-state index >= 15 is 0 Å². The van der Waals surface area contributed by atoms with Crippen LogP contribution in [0, 0.1) is 12.7 Å². The summed E-state index contributed by atoms with van der Waals surface area (Å²) in [7, 11) is 0. The Morgan fingerprint density at radius 2 is 2.18 bits per heavy atom. The van der Waals surface area contributed by atoms with Crippen LogP contribution >= 0.6 is 15.9 Å². The summed E-state index contributed by atoms with van der Waals surface area (Å²) in [6.45, 7) is 1.94. The van der Waals surface area contributed by atoms with Gasteiger partial charge >= 0.3 is 0 Å². The topological polar surface area (TPSA) is 61.0 Å². The van der Waals surface area contributed by atoms with Crippen LogP contribution in [0.15, 0.2) is 28.9 Å².